The molecular formula is C15H17ClN2O2S. The van der Waals surface area contributed by atoms with E-state index in [1.165, 1.54) is 12.1 Å². The summed E-state index contributed by atoms with van der Waals surface area (Å²) in [4.78, 5) is 0.0903. The number of aryl methyl sites for hydroxylation is 2. The minimum Gasteiger partial charge on any atom is -0.398 e. The van der Waals surface area contributed by atoms with E-state index >= 15 is 0 Å². The number of rotatable bonds is 3. The zero-order chi connectivity index (χ0) is 15.8. The van der Waals surface area contributed by atoms with E-state index in [0.717, 1.165) is 11.1 Å². The molecule has 0 bridgehead atoms. The minimum atomic E-state index is -3.74. The highest BCUT2D eigenvalue weighted by Gasteiger charge is 2.20. The molecule has 0 aromatic heterocycles. The lowest BCUT2D eigenvalue weighted by atomic mass is 10.1. The van der Waals surface area contributed by atoms with Gasteiger partial charge in [0.05, 0.1) is 10.6 Å². The monoisotopic (exact) mass is 324 g/mol. The second-order valence-corrected chi connectivity index (χ2v) is 7.13. The Balaban J connectivity index is 2.48. The van der Waals surface area contributed by atoms with Crippen molar-refractivity contribution in [1.82, 2.24) is 0 Å². The molecule has 0 unspecified atom stereocenters. The molecule has 0 aliphatic heterocycles. The van der Waals surface area contributed by atoms with Crippen LogP contribution in [0.5, 0.6) is 0 Å². The Labute approximate surface area is 130 Å². The van der Waals surface area contributed by atoms with Crippen LogP contribution in [-0.4, -0.2) is 8.42 Å². The standard InChI is InChI=1S/C15H17ClN2O2S/c1-9-4-5-14(10(2)6-9)18-21(19,20)15-8-12(16)7-13(17)11(15)3/h4-8,18H,17H2,1-3H3. The molecule has 3 N–H and O–H groups in total. The first kappa shape index (κ1) is 15.7. The maximum Gasteiger partial charge on any atom is 0.262 e. The van der Waals surface area contributed by atoms with Gasteiger partial charge >= 0.3 is 0 Å². The number of halogens is 1. The van der Waals surface area contributed by atoms with E-state index in [4.69, 9.17) is 17.3 Å². The first-order valence-corrected chi connectivity index (χ1v) is 8.22. The molecule has 0 fully saturated rings. The molecule has 2 rings (SSSR count). The Morgan fingerprint density at radius 1 is 1.10 bits per heavy atom. The predicted octanol–water partition coefficient (Wildman–Crippen LogP) is 3.65. The molecule has 4 nitrogen and oxygen atoms in total. The smallest absolute Gasteiger partial charge is 0.262 e. The summed E-state index contributed by atoms with van der Waals surface area (Å²) >= 11 is 5.91. The van der Waals surface area contributed by atoms with E-state index in [1.807, 2.05) is 26.0 Å². The highest BCUT2D eigenvalue weighted by atomic mass is 35.5. The van der Waals surface area contributed by atoms with E-state index in [0.29, 0.717) is 22.0 Å². The van der Waals surface area contributed by atoms with E-state index in [1.54, 1.807) is 13.0 Å². The third-order valence-corrected chi connectivity index (χ3v) is 4.99. The molecule has 0 saturated heterocycles. The van der Waals surface area contributed by atoms with Gasteiger partial charge in [0, 0.05) is 10.7 Å². The van der Waals surface area contributed by atoms with Gasteiger partial charge < -0.3 is 5.73 Å². The van der Waals surface area contributed by atoms with Crippen LogP contribution in [-0.2, 0) is 10.0 Å². The third-order valence-electron chi connectivity index (χ3n) is 3.28. The molecule has 0 atom stereocenters. The van der Waals surface area contributed by atoms with Crippen LogP contribution in [0.4, 0.5) is 11.4 Å². The van der Waals surface area contributed by atoms with Crippen LogP contribution in [0.1, 0.15) is 16.7 Å². The second kappa shape index (κ2) is 5.58. The summed E-state index contributed by atoms with van der Waals surface area (Å²) in [5.74, 6) is 0. The molecule has 0 amide bonds. The van der Waals surface area contributed by atoms with Crippen LogP contribution in [0.2, 0.25) is 5.02 Å². The van der Waals surface area contributed by atoms with Gasteiger partial charge in [0.1, 0.15) is 0 Å². The van der Waals surface area contributed by atoms with Gasteiger partial charge in [0.2, 0.25) is 0 Å². The number of hydrogen-bond donors (Lipinski definition) is 2. The van der Waals surface area contributed by atoms with Gasteiger partial charge in [-0.05, 0) is 50.1 Å². The minimum absolute atomic E-state index is 0.0903. The van der Waals surface area contributed by atoms with Crippen LogP contribution in [0.25, 0.3) is 0 Å². The summed E-state index contributed by atoms with van der Waals surface area (Å²) in [5.41, 5.74) is 9.08. The maximum absolute atomic E-state index is 12.5. The molecule has 0 heterocycles. The van der Waals surface area contributed by atoms with E-state index in [-0.39, 0.29) is 4.90 Å². The van der Waals surface area contributed by atoms with Crippen molar-refractivity contribution in [3.63, 3.8) is 0 Å². The van der Waals surface area contributed by atoms with Gasteiger partial charge in [-0.1, -0.05) is 29.3 Å². The number of nitrogen functional groups attached to an aromatic ring is 1. The van der Waals surface area contributed by atoms with Crippen molar-refractivity contribution in [3.8, 4) is 0 Å². The highest BCUT2D eigenvalue weighted by molar-refractivity contribution is 7.92. The summed E-state index contributed by atoms with van der Waals surface area (Å²) in [6, 6.07) is 8.44. The zero-order valence-electron chi connectivity index (χ0n) is 12.1. The fourth-order valence-electron chi connectivity index (χ4n) is 2.08. The van der Waals surface area contributed by atoms with Crippen molar-refractivity contribution in [3.05, 3.63) is 52.0 Å². The predicted molar refractivity (Wildman–Crippen MR) is 87.3 cm³/mol. The molecule has 0 aliphatic rings. The Hall–Kier alpha value is -1.72. The van der Waals surface area contributed by atoms with Crippen molar-refractivity contribution in [2.75, 3.05) is 10.5 Å². The normalized spacial score (nSPS) is 11.4. The molecule has 0 spiro atoms. The summed E-state index contributed by atoms with van der Waals surface area (Å²) in [5, 5.41) is 0.291. The largest absolute Gasteiger partial charge is 0.398 e. The van der Waals surface area contributed by atoms with Crippen molar-refractivity contribution in [2.24, 2.45) is 0 Å². The van der Waals surface area contributed by atoms with Crippen LogP contribution >= 0.6 is 11.6 Å². The number of nitrogens with one attached hydrogen (secondary N) is 1. The number of sulfonamides is 1. The van der Waals surface area contributed by atoms with Gasteiger partial charge in [-0.2, -0.15) is 0 Å². The average molecular weight is 325 g/mol. The van der Waals surface area contributed by atoms with Crippen LogP contribution in [0, 0.1) is 20.8 Å². The number of nitrogens with two attached hydrogens (primary N) is 1. The Morgan fingerprint density at radius 2 is 1.76 bits per heavy atom. The summed E-state index contributed by atoms with van der Waals surface area (Å²) in [6.07, 6.45) is 0. The van der Waals surface area contributed by atoms with Gasteiger partial charge in [-0.3, -0.25) is 4.72 Å². The van der Waals surface area contributed by atoms with E-state index < -0.39 is 10.0 Å². The molecule has 6 heteroatoms. The average Bonchev–Trinajstić information content (AvgIpc) is 2.37. The van der Waals surface area contributed by atoms with Gasteiger partial charge in [-0.25, -0.2) is 8.42 Å². The first-order chi connectivity index (χ1) is 9.70. The third kappa shape index (κ3) is 3.31. The molecule has 2 aromatic carbocycles. The van der Waals surface area contributed by atoms with Gasteiger partial charge in [0.15, 0.2) is 0 Å². The second-order valence-electron chi connectivity index (χ2n) is 5.04. The first-order valence-electron chi connectivity index (χ1n) is 6.36. The van der Waals surface area contributed by atoms with Crippen LogP contribution in [0.15, 0.2) is 35.2 Å². The lowest BCUT2D eigenvalue weighted by Gasteiger charge is -2.14. The Bertz CT molecular complexity index is 802. The van der Waals surface area contributed by atoms with E-state index in [2.05, 4.69) is 4.72 Å². The lowest BCUT2D eigenvalue weighted by molar-refractivity contribution is 0.600. The number of hydrogen-bond acceptors (Lipinski definition) is 3. The molecule has 0 radical (unpaired) electrons. The van der Waals surface area contributed by atoms with Gasteiger partial charge in [-0.15, -0.1) is 0 Å². The molecule has 21 heavy (non-hydrogen) atoms. The fraction of sp³-hybridized carbons (Fsp3) is 0.200. The number of anilines is 2. The van der Waals surface area contributed by atoms with Crippen molar-refractivity contribution in [2.45, 2.75) is 25.7 Å². The Kier molecular flexibility index (Phi) is 4.16. The van der Waals surface area contributed by atoms with Crippen molar-refractivity contribution < 1.29 is 8.42 Å². The maximum atomic E-state index is 12.5. The fourth-order valence-corrected chi connectivity index (χ4v) is 3.80. The summed E-state index contributed by atoms with van der Waals surface area (Å²) in [6.45, 7) is 5.46. The van der Waals surface area contributed by atoms with Crippen LogP contribution < -0.4 is 10.5 Å². The number of benzene rings is 2. The van der Waals surface area contributed by atoms with Crippen molar-refractivity contribution >= 4 is 33.0 Å². The molecule has 0 saturated carbocycles. The summed E-state index contributed by atoms with van der Waals surface area (Å²) < 4.78 is 27.7. The van der Waals surface area contributed by atoms with E-state index in [9.17, 15) is 8.42 Å². The zero-order valence-corrected chi connectivity index (χ0v) is 13.6. The molecular weight excluding hydrogens is 308 g/mol. The highest BCUT2D eigenvalue weighted by Crippen LogP contribution is 2.28. The molecule has 2 aromatic rings. The van der Waals surface area contributed by atoms with Crippen LogP contribution in [0.3, 0.4) is 0 Å². The molecule has 0 aliphatic carbocycles. The quantitative estimate of drug-likeness (QED) is 0.846. The summed E-state index contributed by atoms with van der Waals surface area (Å²) in [7, 11) is -3.74. The topological polar surface area (TPSA) is 72.2 Å². The SMILES string of the molecule is Cc1ccc(NS(=O)(=O)c2cc(Cl)cc(N)c2C)c(C)c1. The molecule has 112 valence electrons. The lowest BCUT2D eigenvalue weighted by Crippen LogP contribution is -2.15. The van der Waals surface area contributed by atoms with Crippen molar-refractivity contribution in [1.29, 1.82) is 0 Å². The Morgan fingerprint density at radius 3 is 2.38 bits per heavy atom. The van der Waals surface area contributed by atoms with Gasteiger partial charge in [0.25, 0.3) is 10.0 Å².